The van der Waals surface area contributed by atoms with Crippen molar-refractivity contribution in [2.24, 2.45) is 0 Å². The third-order valence-corrected chi connectivity index (χ3v) is 5.02. The minimum Gasteiger partial charge on any atom is -0.395 e. The van der Waals surface area contributed by atoms with Gasteiger partial charge in [-0.05, 0) is 31.0 Å². The molecule has 3 aromatic heterocycles. The molecule has 1 atom stereocenters. The molecule has 1 fully saturated rings. The number of anilines is 1. The molecule has 1 saturated heterocycles. The summed E-state index contributed by atoms with van der Waals surface area (Å²) in [6.07, 6.45) is 5.02. The monoisotopic (exact) mass is 404 g/mol. The van der Waals surface area contributed by atoms with Crippen molar-refractivity contribution in [2.75, 3.05) is 25.1 Å². The Bertz CT molecular complexity index is 1150. The summed E-state index contributed by atoms with van der Waals surface area (Å²) < 4.78 is 7.53. The molecule has 4 rings (SSSR count). The van der Waals surface area contributed by atoms with Gasteiger partial charge in [-0.2, -0.15) is 0 Å². The predicted molar refractivity (Wildman–Crippen MR) is 115 cm³/mol. The molecule has 2 N–H and O–H groups in total. The van der Waals surface area contributed by atoms with E-state index >= 15 is 0 Å². The Morgan fingerprint density at radius 3 is 3.00 bits per heavy atom. The van der Waals surface area contributed by atoms with Gasteiger partial charge in [-0.3, -0.25) is 9.36 Å². The molecule has 7 nitrogen and oxygen atoms in total. The Hall–Kier alpha value is -3.21. The summed E-state index contributed by atoms with van der Waals surface area (Å²) in [6, 6.07) is 5.97. The molecule has 1 aliphatic heterocycles. The molecule has 0 spiro atoms. The fraction of sp³-hybridized carbons (Fsp3) is 0.348. The van der Waals surface area contributed by atoms with Crippen LogP contribution in [0.25, 0.3) is 16.7 Å². The van der Waals surface area contributed by atoms with Crippen LogP contribution in [-0.4, -0.2) is 45.4 Å². The lowest BCUT2D eigenvalue weighted by molar-refractivity contribution is -0.114. The molecule has 0 aliphatic carbocycles. The highest BCUT2D eigenvalue weighted by molar-refractivity contribution is 5.93. The Balaban J connectivity index is 1.86. The highest BCUT2D eigenvalue weighted by atomic mass is 16.5. The van der Waals surface area contributed by atoms with Gasteiger partial charge >= 0.3 is 0 Å². The average molecular weight is 404 g/mol. The summed E-state index contributed by atoms with van der Waals surface area (Å²) >= 11 is 0. The maximum atomic E-state index is 11.5. The largest absolute Gasteiger partial charge is 0.395 e. The van der Waals surface area contributed by atoms with E-state index in [1.165, 1.54) is 6.92 Å². The van der Waals surface area contributed by atoms with Crippen LogP contribution in [0.4, 0.5) is 5.82 Å². The lowest BCUT2D eigenvalue weighted by Crippen LogP contribution is -2.08. The van der Waals surface area contributed by atoms with Crippen LogP contribution in [0.1, 0.15) is 42.5 Å². The van der Waals surface area contributed by atoms with Crippen LogP contribution >= 0.6 is 0 Å². The minimum absolute atomic E-state index is 0.0167. The molecule has 4 heterocycles. The molecule has 154 valence electrons. The van der Waals surface area contributed by atoms with Crippen LogP contribution < -0.4 is 5.32 Å². The van der Waals surface area contributed by atoms with E-state index in [1.807, 2.05) is 22.9 Å². The summed E-state index contributed by atoms with van der Waals surface area (Å²) in [4.78, 5) is 20.8. The highest BCUT2D eigenvalue weighted by Crippen LogP contribution is 2.29. The third-order valence-electron chi connectivity index (χ3n) is 5.02. The van der Waals surface area contributed by atoms with Gasteiger partial charge in [0.15, 0.2) is 0 Å². The predicted octanol–water partition coefficient (Wildman–Crippen LogP) is 2.93. The Morgan fingerprint density at radius 2 is 2.27 bits per heavy atom. The van der Waals surface area contributed by atoms with Gasteiger partial charge in [0.1, 0.15) is 11.6 Å². The molecule has 0 radical (unpaired) electrons. The van der Waals surface area contributed by atoms with Gasteiger partial charge in [-0.15, -0.1) is 0 Å². The topological polar surface area (TPSA) is 89.3 Å². The van der Waals surface area contributed by atoms with E-state index in [1.54, 1.807) is 6.20 Å². The maximum Gasteiger partial charge on any atom is 0.222 e. The summed E-state index contributed by atoms with van der Waals surface area (Å²) in [6.45, 7) is 4.98. The van der Waals surface area contributed by atoms with Crippen LogP contribution in [0, 0.1) is 18.8 Å². The van der Waals surface area contributed by atoms with Crippen molar-refractivity contribution in [2.45, 2.75) is 32.6 Å². The number of carbonyl (C=O) groups is 1. The van der Waals surface area contributed by atoms with Crippen LogP contribution in [0.5, 0.6) is 0 Å². The van der Waals surface area contributed by atoms with Crippen molar-refractivity contribution in [3.63, 3.8) is 0 Å². The van der Waals surface area contributed by atoms with Crippen LogP contribution in [-0.2, 0) is 9.53 Å². The quantitative estimate of drug-likeness (QED) is 0.653. The molecule has 1 unspecified atom stereocenters. The molecule has 7 heteroatoms. The Labute approximate surface area is 175 Å². The van der Waals surface area contributed by atoms with E-state index < -0.39 is 0 Å². The van der Waals surface area contributed by atoms with Crippen LogP contribution in [0.3, 0.4) is 0 Å². The molecule has 0 bridgehead atoms. The van der Waals surface area contributed by atoms with Gasteiger partial charge in [0.05, 0.1) is 24.3 Å². The van der Waals surface area contributed by atoms with E-state index in [9.17, 15) is 4.79 Å². The number of ether oxygens (including phenoxy) is 1. The number of fused-ring (bicyclic) bond motifs is 1. The molecular formula is C23H24N4O3. The van der Waals surface area contributed by atoms with Gasteiger partial charge < -0.3 is 15.2 Å². The van der Waals surface area contributed by atoms with Gasteiger partial charge in [-0.25, -0.2) is 9.97 Å². The van der Waals surface area contributed by atoms with Gasteiger partial charge in [0.2, 0.25) is 5.91 Å². The molecule has 3 aromatic rings. The van der Waals surface area contributed by atoms with Gasteiger partial charge in [0.25, 0.3) is 0 Å². The number of aromatic nitrogens is 3. The third kappa shape index (κ3) is 4.20. The number of amides is 1. The number of hydrogen-bond donors (Lipinski definition) is 2. The van der Waals surface area contributed by atoms with Crippen molar-refractivity contribution in [3.8, 4) is 17.7 Å². The van der Waals surface area contributed by atoms with Gasteiger partial charge in [-0.1, -0.05) is 11.8 Å². The Kier molecular flexibility index (Phi) is 5.79. The number of aryl methyl sites for hydroxylation is 1. The first-order chi connectivity index (χ1) is 14.5. The zero-order valence-corrected chi connectivity index (χ0v) is 17.1. The fourth-order valence-corrected chi connectivity index (χ4v) is 3.65. The molecule has 30 heavy (non-hydrogen) atoms. The van der Waals surface area contributed by atoms with Crippen molar-refractivity contribution in [1.82, 2.24) is 14.5 Å². The number of hydrogen-bond acceptors (Lipinski definition) is 5. The highest BCUT2D eigenvalue weighted by Gasteiger charge is 2.21. The second-order valence-corrected chi connectivity index (χ2v) is 7.44. The zero-order chi connectivity index (χ0) is 21.1. The van der Waals surface area contributed by atoms with Gasteiger partial charge in [0, 0.05) is 55.4 Å². The fourth-order valence-electron chi connectivity index (χ4n) is 3.65. The number of rotatable bonds is 4. The summed E-state index contributed by atoms with van der Waals surface area (Å²) in [7, 11) is 0. The molecule has 0 aromatic carbocycles. The SMILES string of the molecule is CC(=O)Nc1cc2c(cn1)c(C#CCCO)cn2-c1cc(C)cc(C2CCOC2)n1. The Morgan fingerprint density at radius 1 is 1.40 bits per heavy atom. The number of aliphatic hydroxyl groups excluding tert-OH is 1. The van der Waals surface area contributed by atoms with Crippen molar-refractivity contribution in [3.05, 3.63) is 47.4 Å². The van der Waals surface area contributed by atoms with E-state index in [0.717, 1.165) is 46.6 Å². The first-order valence-electron chi connectivity index (χ1n) is 10.0. The number of pyridine rings is 2. The lowest BCUT2D eigenvalue weighted by atomic mass is 10.0. The molecular weight excluding hydrogens is 380 g/mol. The van der Waals surface area contributed by atoms with E-state index in [0.29, 0.717) is 24.8 Å². The normalized spacial score (nSPS) is 15.8. The minimum atomic E-state index is -0.180. The first kappa shape index (κ1) is 20.1. The summed E-state index contributed by atoms with van der Waals surface area (Å²) in [5, 5.41) is 12.6. The number of nitrogens with zero attached hydrogens (tertiary/aromatic N) is 3. The molecule has 1 aliphatic rings. The zero-order valence-electron chi connectivity index (χ0n) is 17.1. The standard InChI is InChI=1S/C23H24N4O3/c1-15-9-20(18-6-8-30-14-18)26-23(10-15)27-13-17(5-3-4-7-28)19-12-24-22(11-21(19)27)25-16(2)29/h9-13,18,28H,4,6-8,14H2,1-2H3,(H,24,25,29). The first-order valence-corrected chi connectivity index (χ1v) is 10.0. The summed E-state index contributed by atoms with van der Waals surface area (Å²) in [5.74, 6) is 7.47. The maximum absolute atomic E-state index is 11.5. The van der Waals surface area contributed by atoms with Crippen LogP contribution in [0.15, 0.2) is 30.6 Å². The number of carbonyl (C=O) groups excluding carboxylic acids is 1. The van der Waals surface area contributed by atoms with E-state index in [-0.39, 0.29) is 12.5 Å². The molecule has 0 saturated carbocycles. The van der Waals surface area contributed by atoms with Crippen molar-refractivity contribution < 1.29 is 14.6 Å². The van der Waals surface area contributed by atoms with Crippen molar-refractivity contribution in [1.29, 1.82) is 0 Å². The van der Waals surface area contributed by atoms with Crippen LogP contribution in [0.2, 0.25) is 0 Å². The smallest absolute Gasteiger partial charge is 0.222 e. The van der Waals surface area contributed by atoms with E-state index in [2.05, 4.69) is 35.1 Å². The number of nitrogens with one attached hydrogen (secondary N) is 1. The summed E-state index contributed by atoms with van der Waals surface area (Å²) in [5.41, 5.74) is 3.80. The van der Waals surface area contributed by atoms with Crippen molar-refractivity contribution >= 4 is 22.6 Å². The molecule has 1 amide bonds. The van der Waals surface area contributed by atoms with E-state index in [4.69, 9.17) is 14.8 Å². The lowest BCUT2D eigenvalue weighted by Gasteiger charge is -2.12. The number of aliphatic hydroxyl groups is 1. The second kappa shape index (κ2) is 8.66. The average Bonchev–Trinajstić information content (AvgIpc) is 3.36. The second-order valence-electron chi connectivity index (χ2n) is 7.44.